The van der Waals surface area contributed by atoms with Crippen molar-refractivity contribution in [3.63, 3.8) is 0 Å². The molecule has 1 N–H and O–H groups in total. The number of hydrogen-bond acceptors (Lipinski definition) is 3. The number of hydrogen-bond donors (Lipinski definition) is 1. The molecule has 1 saturated carbocycles. The molecule has 1 unspecified atom stereocenters. The summed E-state index contributed by atoms with van der Waals surface area (Å²) in [6.45, 7) is 4.00. The van der Waals surface area contributed by atoms with Crippen LogP contribution in [0.5, 0.6) is 0 Å². The first-order valence-electron chi connectivity index (χ1n) is 10.2. The highest BCUT2D eigenvalue weighted by molar-refractivity contribution is 6.30. The van der Waals surface area contributed by atoms with Gasteiger partial charge in [0.05, 0.1) is 5.92 Å². The smallest absolute Gasteiger partial charge is 0.192 e. The number of rotatable bonds is 2. The maximum absolute atomic E-state index is 12.9. The Balaban J connectivity index is 0.00000109. The molecule has 28 heavy (non-hydrogen) atoms. The van der Waals surface area contributed by atoms with Gasteiger partial charge in [0.15, 0.2) is 11.6 Å². The molecule has 4 rings (SSSR count). The van der Waals surface area contributed by atoms with E-state index in [2.05, 4.69) is 12.1 Å². The van der Waals surface area contributed by atoms with Gasteiger partial charge in [-0.05, 0) is 55.2 Å². The van der Waals surface area contributed by atoms with Gasteiger partial charge in [0, 0.05) is 16.1 Å². The van der Waals surface area contributed by atoms with Gasteiger partial charge in [0.2, 0.25) is 0 Å². The van der Waals surface area contributed by atoms with Gasteiger partial charge in [-0.1, -0.05) is 61.8 Å². The van der Waals surface area contributed by atoms with Crippen molar-refractivity contribution >= 4 is 23.2 Å². The number of carbonyl (C=O) groups excluding carboxylic acids is 2. The number of halogens is 1. The minimum atomic E-state index is -1.21. The van der Waals surface area contributed by atoms with Gasteiger partial charge in [0.25, 0.3) is 0 Å². The SMILES string of the molecule is CC.O=C1c2ccccc2C(=O)[C@H](C2CCC(c3ccc(Cl)cc3)CC2)C1O. The second-order valence-corrected chi connectivity index (χ2v) is 7.84. The minimum absolute atomic E-state index is 0.0540. The number of benzene rings is 2. The van der Waals surface area contributed by atoms with Crippen LogP contribution in [-0.2, 0) is 0 Å². The summed E-state index contributed by atoms with van der Waals surface area (Å²) in [5, 5.41) is 11.3. The summed E-state index contributed by atoms with van der Waals surface area (Å²) in [4.78, 5) is 25.5. The fraction of sp³-hybridized carbons (Fsp3) is 0.417. The second-order valence-electron chi connectivity index (χ2n) is 7.41. The first-order chi connectivity index (χ1) is 13.6. The molecule has 4 heteroatoms. The molecule has 148 valence electrons. The second kappa shape index (κ2) is 9.02. The van der Waals surface area contributed by atoms with Gasteiger partial charge in [-0.3, -0.25) is 9.59 Å². The van der Waals surface area contributed by atoms with Gasteiger partial charge in [-0.2, -0.15) is 0 Å². The van der Waals surface area contributed by atoms with Gasteiger partial charge >= 0.3 is 0 Å². The van der Waals surface area contributed by atoms with Crippen LogP contribution < -0.4 is 0 Å². The molecule has 0 aliphatic heterocycles. The van der Waals surface area contributed by atoms with Gasteiger partial charge in [-0.15, -0.1) is 0 Å². The van der Waals surface area contributed by atoms with E-state index in [1.807, 2.05) is 26.0 Å². The lowest BCUT2D eigenvalue weighted by molar-refractivity contribution is 0.0342. The number of aliphatic hydroxyl groups is 1. The average molecular weight is 399 g/mol. The zero-order chi connectivity index (χ0) is 20.3. The van der Waals surface area contributed by atoms with Gasteiger partial charge in [-0.25, -0.2) is 0 Å². The molecule has 0 saturated heterocycles. The number of aliphatic hydroxyl groups excluding tert-OH is 1. The monoisotopic (exact) mass is 398 g/mol. The van der Waals surface area contributed by atoms with Crippen molar-refractivity contribution in [1.29, 1.82) is 0 Å². The predicted octanol–water partition coefficient (Wildman–Crippen LogP) is 5.70. The molecule has 2 aromatic carbocycles. The molecule has 2 aliphatic carbocycles. The highest BCUT2D eigenvalue weighted by Crippen LogP contribution is 2.42. The maximum Gasteiger partial charge on any atom is 0.192 e. The van der Waals surface area contributed by atoms with Crippen molar-refractivity contribution < 1.29 is 14.7 Å². The van der Waals surface area contributed by atoms with Crippen LogP contribution in [0, 0.1) is 11.8 Å². The molecule has 0 spiro atoms. The Bertz CT molecular complexity index is 835. The molecule has 0 heterocycles. The van der Waals surface area contributed by atoms with Crippen LogP contribution in [0.15, 0.2) is 48.5 Å². The number of ketones is 2. The molecule has 3 nitrogen and oxygen atoms in total. The van der Waals surface area contributed by atoms with Crippen LogP contribution in [0.2, 0.25) is 5.02 Å². The largest absolute Gasteiger partial charge is 0.384 e. The summed E-state index contributed by atoms with van der Waals surface area (Å²) < 4.78 is 0. The first-order valence-corrected chi connectivity index (χ1v) is 10.5. The normalized spacial score (nSPS) is 26.9. The lowest BCUT2D eigenvalue weighted by Crippen LogP contribution is -2.45. The highest BCUT2D eigenvalue weighted by Gasteiger charge is 2.45. The maximum atomic E-state index is 12.9. The van der Waals surface area contributed by atoms with Crippen LogP contribution in [-0.4, -0.2) is 22.8 Å². The molecule has 0 aromatic heterocycles. The summed E-state index contributed by atoms with van der Waals surface area (Å²) in [6, 6.07) is 14.8. The molecule has 2 aliphatic rings. The van der Waals surface area contributed by atoms with Gasteiger partial charge in [0.1, 0.15) is 6.10 Å². The predicted molar refractivity (Wildman–Crippen MR) is 112 cm³/mol. The fourth-order valence-corrected chi connectivity index (χ4v) is 4.70. The fourth-order valence-electron chi connectivity index (χ4n) is 4.58. The van der Waals surface area contributed by atoms with Crippen molar-refractivity contribution in [2.45, 2.75) is 51.6 Å². The molecule has 0 amide bonds. The van der Waals surface area contributed by atoms with Crippen molar-refractivity contribution in [2.24, 2.45) is 11.8 Å². The van der Waals surface area contributed by atoms with E-state index in [0.29, 0.717) is 17.0 Å². The van der Waals surface area contributed by atoms with E-state index in [-0.39, 0.29) is 17.5 Å². The average Bonchev–Trinajstić information content (AvgIpc) is 2.75. The van der Waals surface area contributed by atoms with E-state index >= 15 is 0 Å². The minimum Gasteiger partial charge on any atom is -0.384 e. The summed E-state index contributed by atoms with van der Waals surface area (Å²) in [7, 11) is 0. The van der Waals surface area contributed by atoms with Crippen molar-refractivity contribution in [1.82, 2.24) is 0 Å². The Morgan fingerprint density at radius 1 is 0.821 bits per heavy atom. The molecule has 2 atom stereocenters. The molecule has 0 radical (unpaired) electrons. The Hall–Kier alpha value is -1.97. The van der Waals surface area contributed by atoms with Crippen LogP contribution in [0.25, 0.3) is 0 Å². The third kappa shape index (κ3) is 3.92. The van der Waals surface area contributed by atoms with Crippen LogP contribution >= 0.6 is 11.6 Å². The molecular weight excluding hydrogens is 372 g/mol. The number of Topliss-reactive ketones (excluding diaryl/α,β-unsaturated/α-hetero) is 2. The Morgan fingerprint density at radius 3 is 1.93 bits per heavy atom. The lowest BCUT2D eigenvalue weighted by Gasteiger charge is -2.37. The topological polar surface area (TPSA) is 54.4 Å². The first kappa shape index (κ1) is 20.8. The zero-order valence-electron chi connectivity index (χ0n) is 16.4. The molecule has 2 aromatic rings. The van der Waals surface area contributed by atoms with Crippen molar-refractivity contribution in [3.05, 3.63) is 70.2 Å². The third-order valence-electron chi connectivity index (χ3n) is 5.99. The standard InChI is InChI=1S/C22H21ClO3.C2H6/c23-16-11-9-14(10-12-16)13-5-7-15(8-6-13)19-20(24)17-3-1-2-4-18(17)21(25)22(19)26;1-2/h1-4,9-13,15,19,22,26H,5-8H2;1-2H3/t13?,15?,19-,22?;/m0./s1. The summed E-state index contributed by atoms with van der Waals surface area (Å²) in [5.41, 5.74) is 2.09. The quantitative estimate of drug-likeness (QED) is 0.706. The summed E-state index contributed by atoms with van der Waals surface area (Å²) >= 11 is 5.97. The third-order valence-corrected chi connectivity index (χ3v) is 6.24. The Kier molecular flexibility index (Phi) is 6.69. The molecular formula is C24H27ClO3. The lowest BCUT2D eigenvalue weighted by atomic mass is 9.67. The summed E-state index contributed by atoms with van der Waals surface area (Å²) in [6.07, 6.45) is 2.39. The van der Waals surface area contributed by atoms with E-state index in [4.69, 9.17) is 11.6 Å². The van der Waals surface area contributed by atoms with E-state index in [1.165, 1.54) is 5.56 Å². The van der Waals surface area contributed by atoms with Crippen molar-refractivity contribution in [2.75, 3.05) is 0 Å². The van der Waals surface area contributed by atoms with E-state index in [0.717, 1.165) is 30.7 Å². The van der Waals surface area contributed by atoms with Crippen LogP contribution in [0.3, 0.4) is 0 Å². The Labute approximate surface area is 171 Å². The highest BCUT2D eigenvalue weighted by atomic mass is 35.5. The van der Waals surface area contributed by atoms with Crippen molar-refractivity contribution in [3.8, 4) is 0 Å². The van der Waals surface area contributed by atoms with E-state index < -0.39 is 12.0 Å². The van der Waals surface area contributed by atoms with Gasteiger partial charge < -0.3 is 5.11 Å². The van der Waals surface area contributed by atoms with Crippen LogP contribution in [0.4, 0.5) is 0 Å². The van der Waals surface area contributed by atoms with Crippen LogP contribution in [0.1, 0.15) is 71.7 Å². The van der Waals surface area contributed by atoms with E-state index in [9.17, 15) is 14.7 Å². The molecule has 1 fully saturated rings. The molecule has 0 bridgehead atoms. The number of fused-ring (bicyclic) bond motifs is 1. The Morgan fingerprint density at radius 2 is 1.36 bits per heavy atom. The zero-order valence-corrected chi connectivity index (χ0v) is 17.2. The summed E-state index contributed by atoms with van der Waals surface area (Å²) in [5.74, 6) is -0.503. The number of carbonyl (C=O) groups is 2. The van der Waals surface area contributed by atoms with E-state index in [1.54, 1.807) is 24.3 Å².